The van der Waals surface area contributed by atoms with Gasteiger partial charge in [0.15, 0.2) is 0 Å². The number of furan rings is 1. The van der Waals surface area contributed by atoms with Gasteiger partial charge in [-0.25, -0.2) is 10.2 Å². The van der Waals surface area contributed by atoms with E-state index in [1.54, 1.807) is 48.5 Å². The molecule has 0 spiro atoms. The fourth-order valence-corrected chi connectivity index (χ4v) is 2.04. The summed E-state index contributed by atoms with van der Waals surface area (Å²) in [5.41, 5.74) is 3.62. The van der Waals surface area contributed by atoms with Crippen LogP contribution in [0.3, 0.4) is 0 Å². The summed E-state index contributed by atoms with van der Waals surface area (Å²) in [5, 5.41) is 3.89. The third-order valence-electron chi connectivity index (χ3n) is 3.35. The van der Waals surface area contributed by atoms with E-state index in [0.717, 1.165) is 5.56 Å². The molecule has 2 heterocycles. The summed E-state index contributed by atoms with van der Waals surface area (Å²) in [5.74, 6) is 0.106. The van der Waals surface area contributed by atoms with Crippen molar-refractivity contribution in [3.05, 3.63) is 90.2 Å². The molecule has 0 saturated heterocycles. The van der Waals surface area contributed by atoms with E-state index in [-0.39, 0.29) is 5.91 Å². The van der Waals surface area contributed by atoms with E-state index in [1.807, 2.05) is 0 Å². The average molecular weight is 361 g/mol. The Hall–Kier alpha value is -4.00. The Balaban J connectivity index is 1.51. The van der Waals surface area contributed by atoms with E-state index >= 15 is 0 Å². The molecule has 0 saturated carbocycles. The number of hydrazone groups is 1. The maximum Gasteiger partial charge on any atom is 0.336 e. The molecule has 0 aliphatic rings. The third kappa shape index (κ3) is 5.50. The molecule has 0 atom stereocenters. The van der Waals surface area contributed by atoms with E-state index in [9.17, 15) is 9.59 Å². The highest BCUT2D eigenvalue weighted by molar-refractivity contribution is 5.94. The number of hydrogen-bond acceptors (Lipinski definition) is 6. The molecule has 0 fully saturated rings. The van der Waals surface area contributed by atoms with Crippen molar-refractivity contribution >= 4 is 24.2 Å². The average Bonchev–Trinajstić information content (AvgIpc) is 3.22. The van der Waals surface area contributed by atoms with E-state index in [0.29, 0.717) is 17.1 Å². The number of nitrogens with one attached hydrogen (secondary N) is 1. The Morgan fingerprint density at radius 3 is 2.56 bits per heavy atom. The Kier molecular flexibility index (Phi) is 5.88. The first-order valence-electron chi connectivity index (χ1n) is 7.97. The number of hydrogen-bond donors (Lipinski definition) is 1. The van der Waals surface area contributed by atoms with Gasteiger partial charge >= 0.3 is 5.97 Å². The molecule has 1 amide bonds. The van der Waals surface area contributed by atoms with Crippen LogP contribution in [0, 0.1) is 0 Å². The van der Waals surface area contributed by atoms with Gasteiger partial charge in [-0.3, -0.25) is 9.78 Å². The number of carbonyl (C=O) groups is 2. The van der Waals surface area contributed by atoms with Crippen molar-refractivity contribution in [1.29, 1.82) is 0 Å². The minimum atomic E-state index is -0.516. The quantitative estimate of drug-likeness (QED) is 0.239. The van der Waals surface area contributed by atoms with Crippen molar-refractivity contribution in [2.75, 3.05) is 0 Å². The molecule has 2 aromatic heterocycles. The third-order valence-corrected chi connectivity index (χ3v) is 3.35. The van der Waals surface area contributed by atoms with Gasteiger partial charge in [-0.15, -0.1) is 0 Å². The van der Waals surface area contributed by atoms with Crippen molar-refractivity contribution in [2.45, 2.75) is 0 Å². The number of pyridine rings is 1. The zero-order chi connectivity index (χ0) is 18.9. The van der Waals surface area contributed by atoms with Gasteiger partial charge in [0.1, 0.15) is 11.5 Å². The highest BCUT2D eigenvalue weighted by Crippen LogP contribution is 2.12. The summed E-state index contributed by atoms with van der Waals surface area (Å²) in [7, 11) is 0. The predicted molar refractivity (Wildman–Crippen MR) is 99.1 cm³/mol. The molecule has 3 rings (SSSR count). The van der Waals surface area contributed by atoms with Gasteiger partial charge in [0, 0.05) is 24.0 Å². The number of carbonyl (C=O) groups excluding carboxylic acids is 2. The lowest BCUT2D eigenvalue weighted by Crippen LogP contribution is -2.17. The lowest BCUT2D eigenvalue weighted by molar-refractivity contribution is -0.128. The monoisotopic (exact) mass is 361 g/mol. The van der Waals surface area contributed by atoms with E-state index in [2.05, 4.69) is 15.5 Å². The minimum absolute atomic E-state index is 0.331. The van der Waals surface area contributed by atoms with E-state index in [1.165, 1.54) is 37.0 Å². The van der Waals surface area contributed by atoms with Crippen LogP contribution in [0.15, 0.2) is 82.8 Å². The molecule has 0 unspecified atom stereocenters. The zero-order valence-corrected chi connectivity index (χ0v) is 14.1. The van der Waals surface area contributed by atoms with Crippen LogP contribution in [0.5, 0.6) is 5.75 Å². The van der Waals surface area contributed by atoms with Crippen molar-refractivity contribution in [1.82, 2.24) is 10.4 Å². The van der Waals surface area contributed by atoms with E-state index in [4.69, 9.17) is 9.15 Å². The highest BCUT2D eigenvalue weighted by Gasteiger charge is 2.03. The Morgan fingerprint density at radius 2 is 1.85 bits per heavy atom. The van der Waals surface area contributed by atoms with Crippen LogP contribution in [-0.2, 0) is 4.79 Å². The number of aromatic nitrogens is 1. The predicted octanol–water partition coefficient (Wildman–Crippen LogP) is 3.06. The van der Waals surface area contributed by atoms with Crippen LogP contribution >= 0.6 is 0 Å². The standard InChI is InChI=1S/C20H15N3O4/c24-19(8-7-17-2-1-13-26-17)27-18-5-3-15(4-6-18)14-22-23-20(25)16-9-11-21-12-10-16/h1-14H,(H,23,25)/b8-7+,22-14+. The number of benzene rings is 1. The Bertz CT molecular complexity index is 947. The molecule has 0 aliphatic heterocycles. The van der Waals surface area contributed by atoms with Crippen LogP contribution in [0.4, 0.5) is 0 Å². The summed E-state index contributed by atoms with van der Waals surface area (Å²) in [4.78, 5) is 27.4. The molecule has 3 aromatic rings. The van der Waals surface area contributed by atoms with Gasteiger partial charge < -0.3 is 9.15 Å². The topological polar surface area (TPSA) is 93.8 Å². The number of nitrogens with zero attached hydrogens (tertiary/aromatic N) is 2. The van der Waals surface area contributed by atoms with Gasteiger partial charge in [-0.05, 0) is 60.2 Å². The maximum atomic E-state index is 11.8. The van der Waals surface area contributed by atoms with Crippen molar-refractivity contribution < 1.29 is 18.7 Å². The summed E-state index contributed by atoms with van der Waals surface area (Å²) in [6.45, 7) is 0. The first kappa shape index (κ1) is 17.8. The largest absolute Gasteiger partial charge is 0.465 e. The number of esters is 1. The molecule has 1 aromatic carbocycles. The van der Waals surface area contributed by atoms with Crippen LogP contribution in [0.2, 0.25) is 0 Å². The molecule has 7 heteroatoms. The number of rotatable bonds is 6. The fraction of sp³-hybridized carbons (Fsp3) is 0. The number of amides is 1. The van der Waals surface area contributed by atoms with Crippen LogP contribution < -0.4 is 10.2 Å². The van der Waals surface area contributed by atoms with Gasteiger partial charge in [-0.2, -0.15) is 5.10 Å². The normalized spacial score (nSPS) is 11.0. The maximum absolute atomic E-state index is 11.8. The minimum Gasteiger partial charge on any atom is -0.465 e. The second-order valence-electron chi connectivity index (χ2n) is 5.27. The Labute approximate surface area is 155 Å². The summed E-state index contributed by atoms with van der Waals surface area (Å²) in [6, 6.07) is 13.3. The second-order valence-corrected chi connectivity index (χ2v) is 5.27. The van der Waals surface area contributed by atoms with Gasteiger partial charge in [-0.1, -0.05) is 0 Å². The molecule has 0 bridgehead atoms. The molecule has 0 aliphatic carbocycles. The lowest BCUT2D eigenvalue weighted by atomic mass is 10.2. The second kappa shape index (κ2) is 8.91. The number of ether oxygens (including phenoxy) is 1. The molecule has 134 valence electrons. The molecular weight excluding hydrogens is 346 g/mol. The summed E-state index contributed by atoms with van der Waals surface area (Å²) in [6.07, 6.45) is 8.87. The van der Waals surface area contributed by atoms with Crippen LogP contribution in [0.25, 0.3) is 6.08 Å². The summed E-state index contributed by atoms with van der Waals surface area (Å²) >= 11 is 0. The SMILES string of the molecule is O=C(/C=C/c1ccco1)Oc1ccc(/C=N/NC(=O)c2ccncc2)cc1. The van der Waals surface area contributed by atoms with E-state index < -0.39 is 5.97 Å². The van der Waals surface area contributed by atoms with Gasteiger partial charge in [0.05, 0.1) is 12.5 Å². The summed E-state index contributed by atoms with van der Waals surface area (Å²) < 4.78 is 10.3. The first-order valence-corrected chi connectivity index (χ1v) is 7.97. The van der Waals surface area contributed by atoms with Gasteiger partial charge in [0.2, 0.25) is 0 Å². The molecule has 27 heavy (non-hydrogen) atoms. The van der Waals surface area contributed by atoms with Crippen molar-refractivity contribution in [3.8, 4) is 5.75 Å². The fourth-order valence-electron chi connectivity index (χ4n) is 2.04. The van der Waals surface area contributed by atoms with Crippen molar-refractivity contribution in [2.24, 2.45) is 5.10 Å². The molecule has 1 N–H and O–H groups in total. The molecule has 7 nitrogen and oxygen atoms in total. The lowest BCUT2D eigenvalue weighted by Gasteiger charge is -2.02. The molecular formula is C20H15N3O4. The Morgan fingerprint density at radius 1 is 1.07 bits per heavy atom. The van der Waals surface area contributed by atoms with Crippen LogP contribution in [0.1, 0.15) is 21.7 Å². The van der Waals surface area contributed by atoms with Crippen molar-refractivity contribution in [3.63, 3.8) is 0 Å². The highest BCUT2D eigenvalue weighted by atomic mass is 16.5. The smallest absolute Gasteiger partial charge is 0.336 e. The zero-order valence-electron chi connectivity index (χ0n) is 14.1. The first-order chi connectivity index (χ1) is 13.2. The van der Waals surface area contributed by atoms with Gasteiger partial charge in [0.25, 0.3) is 5.91 Å². The van der Waals surface area contributed by atoms with Crippen LogP contribution in [-0.4, -0.2) is 23.1 Å². The molecule has 0 radical (unpaired) electrons.